The fourth-order valence-corrected chi connectivity index (χ4v) is 1.24. The van der Waals surface area contributed by atoms with E-state index in [0.29, 0.717) is 0 Å². The highest BCUT2D eigenvalue weighted by Gasteiger charge is 2.94. The molecular weight excluding hydrogens is 471 g/mol. The summed E-state index contributed by atoms with van der Waals surface area (Å²) in [6.45, 7) is 0. The minimum atomic E-state index is -8.79. The predicted molar refractivity (Wildman–Crippen MR) is 44.7 cm³/mol. The molecule has 0 aliphatic heterocycles. The van der Waals surface area contributed by atoms with Crippen LogP contribution in [0.3, 0.4) is 0 Å². The van der Waals surface area contributed by atoms with Crippen LogP contribution >= 0.6 is 0 Å². The Morgan fingerprint density at radius 2 is 0.607 bits per heavy atom. The van der Waals surface area contributed by atoms with Crippen LogP contribution in [-0.2, 0) is 0 Å². The molecule has 0 saturated heterocycles. The first-order chi connectivity index (χ1) is 11.7. The van der Waals surface area contributed by atoms with Crippen LogP contribution < -0.4 is 0 Å². The van der Waals surface area contributed by atoms with Gasteiger partial charge in [-0.25, -0.2) is 0 Å². The van der Waals surface area contributed by atoms with E-state index in [1.807, 2.05) is 0 Å². The molecule has 0 bridgehead atoms. The Morgan fingerprint density at radius 1 is 0.357 bits per heavy atom. The van der Waals surface area contributed by atoms with Crippen LogP contribution in [0.2, 0.25) is 0 Å². The van der Waals surface area contributed by atoms with Gasteiger partial charge in [-0.05, 0) is 0 Å². The van der Waals surface area contributed by atoms with Crippen molar-refractivity contribution in [2.24, 2.45) is 0 Å². The van der Waals surface area contributed by atoms with Gasteiger partial charge in [-0.15, -0.1) is 4.48 Å². The number of nitrogens with zero attached hydrogens (tertiary/aromatic N) is 1. The second-order valence-corrected chi connectivity index (χ2v) is 4.66. The summed E-state index contributed by atoms with van der Waals surface area (Å²) in [7, 11) is 0. The summed E-state index contributed by atoms with van der Waals surface area (Å²) in [5, 5.41) is -4.47. The van der Waals surface area contributed by atoms with E-state index in [4.69, 9.17) is 0 Å². The normalized spacial score (nSPS) is 16.7. The summed E-state index contributed by atoms with van der Waals surface area (Å²) in [4.78, 5) is 0. The zero-order chi connectivity index (χ0) is 23.6. The second kappa shape index (κ2) is 6.31. The van der Waals surface area contributed by atoms with E-state index < -0.39 is 53.3 Å². The minimum Gasteiger partial charge on any atom is -0.192 e. The molecule has 0 aromatic heterocycles. The molecule has 28 heavy (non-hydrogen) atoms. The van der Waals surface area contributed by atoms with Crippen LogP contribution in [0.5, 0.6) is 0 Å². The van der Waals surface area contributed by atoms with Gasteiger partial charge in [-0.1, -0.05) is 0 Å². The summed E-state index contributed by atoms with van der Waals surface area (Å²) >= 11 is 0. The maximum absolute atomic E-state index is 12.9. The molecule has 0 aliphatic carbocycles. The lowest BCUT2D eigenvalue weighted by molar-refractivity contribution is -0.493. The van der Waals surface area contributed by atoms with E-state index in [0.717, 1.165) is 0 Å². The summed E-state index contributed by atoms with van der Waals surface area (Å²) < 4.78 is 235. The van der Waals surface area contributed by atoms with Crippen LogP contribution in [0.1, 0.15) is 0 Å². The van der Waals surface area contributed by atoms with Gasteiger partial charge in [0.25, 0.3) is 0 Å². The first kappa shape index (κ1) is 26.6. The van der Waals surface area contributed by atoms with Gasteiger partial charge in [0.05, 0.1) is 0 Å². The molecule has 0 spiro atoms. The van der Waals surface area contributed by atoms with Crippen LogP contribution in [0.15, 0.2) is 0 Å². The van der Waals surface area contributed by atoms with Crippen molar-refractivity contribution in [1.82, 2.24) is 5.12 Å². The van der Waals surface area contributed by atoms with Crippen molar-refractivity contribution in [2.75, 3.05) is 0 Å². The molecule has 0 rings (SSSR count). The van der Waals surface area contributed by atoms with E-state index >= 15 is 0 Å². The van der Waals surface area contributed by atoms with Gasteiger partial charge in [0, 0.05) is 5.12 Å². The Kier molecular flexibility index (Phi) is 6.00. The van der Waals surface area contributed by atoms with Crippen LogP contribution in [0, 0.1) is 0 Å². The molecule has 20 heteroatoms. The number of halogens is 19. The fraction of sp³-hybridized carbons (Fsp3) is 1.00. The molecule has 0 fully saturated rings. The lowest BCUT2D eigenvalue weighted by Gasteiger charge is -2.42. The third-order valence-electron chi connectivity index (χ3n) is 2.78. The van der Waals surface area contributed by atoms with Crippen molar-refractivity contribution in [3.05, 3.63) is 0 Å². The highest BCUT2D eigenvalue weighted by atomic mass is 19.4. The van der Waals surface area contributed by atoms with Gasteiger partial charge in [-0.3, -0.25) is 0 Å². The molecular formula is C8F19N. The molecule has 0 aromatic rings. The van der Waals surface area contributed by atoms with E-state index in [-0.39, 0.29) is 0 Å². The minimum absolute atomic E-state index is 4.47. The van der Waals surface area contributed by atoms with Gasteiger partial charge >= 0.3 is 48.1 Å². The Morgan fingerprint density at radius 3 is 0.857 bits per heavy atom. The van der Waals surface area contributed by atoms with Crippen molar-refractivity contribution >= 4 is 0 Å². The molecule has 0 unspecified atom stereocenters. The quantitative estimate of drug-likeness (QED) is 0.260. The van der Waals surface area contributed by atoms with Crippen LogP contribution in [0.25, 0.3) is 0 Å². The molecule has 170 valence electrons. The number of hydrogen-bond donors (Lipinski definition) is 0. The summed E-state index contributed by atoms with van der Waals surface area (Å²) in [6.07, 6.45) is -15.2. The molecule has 0 heterocycles. The zero-order valence-electron chi connectivity index (χ0n) is 11.6. The van der Waals surface area contributed by atoms with Gasteiger partial charge in [0.15, 0.2) is 0 Å². The number of hydrogen-bond acceptors (Lipinski definition) is 1. The van der Waals surface area contributed by atoms with Crippen molar-refractivity contribution in [2.45, 2.75) is 48.1 Å². The lowest BCUT2D eigenvalue weighted by Crippen LogP contribution is -2.74. The monoisotopic (exact) mass is 471 g/mol. The van der Waals surface area contributed by atoms with Crippen molar-refractivity contribution in [3.63, 3.8) is 0 Å². The van der Waals surface area contributed by atoms with Gasteiger partial charge in [0.2, 0.25) is 0 Å². The first-order valence-corrected chi connectivity index (χ1v) is 5.52. The highest BCUT2D eigenvalue weighted by Crippen LogP contribution is 2.63. The summed E-state index contributed by atoms with van der Waals surface area (Å²) in [5.41, 5.74) is 0. The molecule has 0 N–H and O–H groups in total. The molecule has 0 saturated carbocycles. The highest BCUT2D eigenvalue weighted by molar-refractivity contribution is 5.12. The van der Waals surface area contributed by atoms with Crippen LogP contribution in [-0.4, -0.2) is 53.3 Å². The van der Waals surface area contributed by atoms with Gasteiger partial charge in [-0.2, -0.15) is 79.0 Å². The zero-order valence-corrected chi connectivity index (χ0v) is 11.6. The smallest absolute Gasteiger partial charge is 0.192 e. The molecule has 0 radical (unpaired) electrons. The largest absolute Gasteiger partial charge is 0.492 e. The van der Waals surface area contributed by atoms with Crippen molar-refractivity contribution in [1.29, 1.82) is 0 Å². The Bertz CT molecular complexity index is 565. The molecule has 0 amide bonds. The van der Waals surface area contributed by atoms with E-state index in [1.165, 1.54) is 0 Å². The maximum atomic E-state index is 12.9. The predicted octanol–water partition coefficient (Wildman–Crippen LogP) is 6.02. The third kappa shape index (κ3) is 3.29. The Balaban J connectivity index is 6.64. The fourth-order valence-electron chi connectivity index (χ4n) is 1.24. The molecule has 1 nitrogen and oxygen atoms in total. The summed E-state index contributed by atoms with van der Waals surface area (Å²) in [5.74, 6) is -43.1. The molecule has 0 atom stereocenters. The van der Waals surface area contributed by atoms with E-state index in [2.05, 4.69) is 0 Å². The number of alkyl halides is 18. The Hall–Kier alpha value is -1.37. The average molecular weight is 471 g/mol. The molecule has 0 aliphatic rings. The van der Waals surface area contributed by atoms with Gasteiger partial charge in [0.1, 0.15) is 0 Å². The molecule has 0 aromatic carbocycles. The average Bonchev–Trinajstić information content (AvgIpc) is 2.42. The van der Waals surface area contributed by atoms with Crippen LogP contribution in [0.4, 0.5) is 83.5 Å². The lowest BCUT2D eigenvalue weighted by atomic mass is 9.93. The van der Waals surface area contributed by atoms with Crippen molar-refractivity contribution in [3.8, 4) is 0 Å². The second-order valence-electron chi connectivity index (χ2n) is 4.66. The number of rotatable bonds is 6. The topological polar surface area (TPSA) is 3.24 Å². The van der Waals surface area contributed by atoms with Crippen molar-refractivity contribution < 1.29 is 83.5 Å². The summed E-state index contributed by atoms with van der Waals surface area (Å²) in [6, 6.07) is -8.18. The van der Waals surface area contributed by atoms with Gasteiger partial charge < -0.3 is 0 Å². The first-order valence-electron chi connectivity index (χ1n) is 5.52. The maximum Gasteiger partial charge on any atom is 0.492 e. The Labute approximate surface area is 138 Å². The van der Waals surface area contributed by atoms with E-state index in [9.17, 15) is 83.5 Å². The SMILES string of the molecule is FN(C(F)(F)F)C(F)(F)C(F)(F)C(F)(F)C(F)(F)C(F)(F)C(F)(F)C(F)(F)F. The standard InChI is InChI=1S/C8F19N/c9-1(10,2(11,12)4(15,16)6(19,20)21)3(13,14)5(17,18)7(22,23)28(27)8(24,25)26. The third-order valence-corrected chi connectivity index (χ3v) is 2.78. The van der Waals surface area contributed by atoms with E-state index in [1.54, 1.807) is 0 Å².